The van der Waals surface area contributed by atoms with Gasteiger partial charge in [-0.25, -0.2) is 9.65 Å². The van der Waals surface area contributed by atoms with Gasteiger partial charge in [-0.05, 0) is 74.1 Å². The van der Waals surface area contributed by atoms with Gasteiger partial charge >= 0.3 is 8.25 Å². The number of aliphatic hydroxyl groups is 1. The third kappa shape index (κ3) is 9.69. The van der Waals surface area contributed by atoms with Crippen molar-refractivity contribution in [3.05, 3.63) is 88.0 Å². The van der Waals surface area contributed by atoms with E-state index in [1.54, 1.807) is 30.3 Å². The number of halogens is 1. The van der Waals surface area contributed by atoms with Crippen molar-refractivity contribution in [2.24, 2.45) is 5.92 Å². The maximum absolute atomic E-state index is 13.9. The van der Waals surface area contributed by atoms with Crippen LogP contribution in [0, 0.1) is 25.6 Å². The number of rotatable bonds is 17. The molecule has 47 heavy (non-hydrogen) atoms. The van der Waals surface area contributed by atoms with Gasteiger partial charge in [0.25, 0.3) is 5.91 Å². The van der Waals surface area contributed by atoms with Crippen LogP contribution in [0.2, 0.25) is 0 Å². The highest BCUT2D eigenvalue weighted by molar-refractivity contribution is 7.33. The Balaban J connectivity index is 1.34. The van der Waals surface area contributed by atoms with Crippen LogP contribution in [0.1, 0.15) is 65.4 Å². The summed E-state index contributed by atoms with van der Waals surface area (Å²) >= 11 is 0. The highest BCUT2D eigenvalue weighted by Gasteiger charge is 2.26. The number of aliphatic hydroxyl groups excluding tert-OH is 1. The molecule has 3 atom stereocenters. The summed E-state index contributed by atoms with van der Waals surface area (Å²) in [4.78, 5) is 42.2. The van der Waals surface area contributed by atoms with Crippen LogP contribution < -0.4 is 16.0 Å². The Morgan fingerprint density at radius 2 is 1.89 bits per heavy atom. The number of fused-ring (bicyclic) bond motifs is 1. The minimum atomic E-state index is -2.99. The zero-order valence-electron chi connectivity index (χ0n) is 26.2. The van der Waals surface area contributed by atoms with Gasteiger partial charge < -0.3 is 30.6 Å². The normalized spacial score (nSPS) is 15.2. The summed E-state index contributed by atoms with van der Waals surface area (Å²) in [6, 6.07) is 12.2. The summed E-state index contributed by atoms with van der Waals surface area (Å²) in [6.07, 6.45) is 3.96. The van der Waals surface area contributed by atoms with Crippen molar-refractivity contribution in [2.45, 2.75) is 52.0 Å². The molecule has 0 radical (unpaired) electrons. The molecule has 6 N–H and O–H groups in total. The Kier molecular flexibility index (Phi) is 13.0. The van der Waals surface area contributed by atoms with Crippen LogP contribution in [0.15, 0.2) is 48.5 Å². The predicted octanol–water partition coefficient (Wildman–Crippen LogP) is 4.84. The number of anilines is 1. The average molecular weight is 671 g/mol. The third-order valence-electron chi connectivity index (χ3n) is 8.10. The number of carbonyl (C=O) groups is 3. The maximum atomic E-state index is 13.9. The Labute approximate surface area is 272 Å². The zero-order chi connectivity index (χ0) is 33.9. The maximum Gasteiger partial charge on any atom is 0.346 e. The smallest absolute Gasteiger partial charge is 0.346 e. The molecule has 0 fully saturated rings. The van der Waals surface area contributed by atoms with E-state index in [4.69, 9.17) is 9.78 Å². The van der Waals surface area contributed by atoms with Crippen LogP contribution >= 0.6 is 8.25 Å². The number of benzene rings is 2. The summed E-state index contributed by atoms with van der Waals surface area (Å²) in [5.74, 6) is -1.73. The van der Waals surface area contributed by atoms with Gasteiger partial charge in [-0.3, -0.25) is 18.9 Å². The molecule has 0 spiro atoms. The van der Waals surface area contributed by atoms with E-state index in [0.717, 1.165) is 16.8 Å². The fourth-order valence-corrected chi connectivity index (χ4v) is 5.94. The lowest BCUT2D eigenvalue weighted by Crippen LogP contribution is -2.40. The summed E-state index contributed by atoms with van der Waals surface area (Å²) in [5, 5.41) is 26.3. The molecule has 12 nitrogen and oxygen atoms in total. The molecule has 4 rings (SSSR count). The molecule has 1 aromatic heterocycles. The Bertz CT molecular complexity index is 1630. The molecule has 14 heteroatoms. The Morgan fingerprint density at radius 1 is 1.13 bits per heavy atom. The van der Waals surface area contributed by atoms with E-state index in [9.17, 15) is 28.4 Å². The SMILES string of the molecule is Cc1[nH]c(/C=C2\C(=O)Nc3ccc(F)cc32)c(C)c1CCC(=O)NC(C(=O)NCCCCC(CO)CO[PH](=O)OO)c1ccccc1. The molecular formula is C33H40FN4O8P. The lowest BCUT2D eigenvalue weighted by atomic mass is 10.0. The third-order valence-corrected chi connectivity index (χ3v) is 8.65. The first-order chi connectivity index (χ1) is 22.6. The number of hydrogen-bond donors (Lipinski definition) is 6. The van der Waals surface area contributed by atoms with Crippen LogP contribution in [0.5, 0.6) is 0 Å². The van der Waals surface area contributed by atoms with Gasteiger partial charge in [0.1, 0.15) is 11.9 Å². The number of nitrogens with one attached hydrogen (secondary N) is 4. The number of carbonyl (C=O) groups excluding carboxylic acids is 3. The summed E-state index contributed by atoms with van der Waals surface area (Å²) in [7, 11) is -2.99. The van der Waals surface area contributed by atoms with Crippen molar-refractivity contribution in [1.29, 1.82) is 0 Å². The van der Waals surface area contributed by atoms with Crippen LogP contribution in [0.3, 0.4) is 0 Å². The molecule has 0 aliphatic carbocycles. The summed E-state index contributed by atoms with van der Waals surface area (Å²) in [6.45, 7) is 3.89. The average Bonchev–Trinajstić information content (AvgIpc) is 3.52. The van der Waals surface area contributed by atoms with Gasteiger partial charge in [-0.15, -0.1) is 0 Å². The first-order valence-electron chi connectivity index (χ1n) is 15.3. The standard InChI is InChI=1S/C33H40FN4O8P/c1-20-25(21(2)36-29(20)17-27-26-16-24(34)11-13-28(26)37-32(27)41)12-14-30(40)38-31(23-9-4-3-5-10-23)33(42)35-15-7-6-8-22(18-39)19-45-47(44)46-43/h3-5,9-11,13,16-17,22,31,36,39,43,47H,6-8,12,14-15,18-19H2,1-2H3,(H,35,42)(H,37,41)(H,38,40)/b27-17-. The number of unbranched alkanes of at least 4 members (excludes halogenated alkanes) is 1. The van der Waals surface area contributed by atoms with Crippen molar-refractivity contribution in [3.63, 3.8) is 0 Å². The van der Waals surface area contributed by atoms with Gasteiger partial charge in [0.05, 0.1) is 12.2 Å². The first kappa shape index (κ1) is 35.7. The molecule has 3 aromatic rings. The second kappa shape index (κ2) is 17.1. The molecule has 0 saturated carbocycles. The number of amides is 3. The molecule has 2 heterocycles. The minimum absolute atomic E-state index is 0.0307. The van der Waals surface area contributed by atoms with E-state index >= 15 is 0 Å². The molecular weight excluding hydrogens is 630 g/mol. The number of hydrogen-bond acceptors (Lipinski definition) is 8. The summed E-state index contributed by atoms with van der Waals surface area (Å²) < 4.78 is 33.5. The number of aromatic amines is 1. The molecule has 0 bridgehead atoms. The van der Waals surface area contributed by atoms with Crippen LogP contribution in [0.25, 0.3) is 11.6 Å². The molecule has 1 aliphatic rings. The second-order valence-electron chi connectivity index (χ2n) is 11.4. The second-order valence-corrected chi connectivity index (χ2v) is 12.3. The van der Waals surface area contributed by atoms with Crippen LogP contribution in [-0.4, -0.2) is 52.8 Å². The lowest BCUT2D eigenvalue weighted by molar-refractivity contribution is -0.142. The quantitative estimate of drug-likeness (QED) is 0.0388. The van der Waals surface area contributed by atoms with Crippen molar-refractivity contribution in [2.75, 3.05) is 25.1 Å². The van der Waals surface area contributed by atoms with E-state index < -0.39 is 20.1 Å². The van der Waals surface area contributed by atoms with Crippen molar-refractivity contribution >= 4 is 43.3 Å². The van der Waals surface area contributed by atoms with Crippen molar-refractivity contribution < 1.29 is 42.9 Å². The molecule has 252 valence electrons. The van der Waals surface area contributed by atoms with E-state index in [1.165, 1.54) is 18.2 Å². The van der Waals surface area contributed by atoms with Gasteiger partial charge in [0.15, 0.2) is 0 Å². The number of H-pyrrole nitrogens is 1. The molecule has 3 unspecified atom stereocenters. The monoisotopic (exact) mass is 670 g/mol. The Hall–Kier alpha value is -4.13. The van der Waals surface area contributed by atoms with E-state index in [-0.39, 0.29) is 43.3 Å². The van der Waals surface area contributed by atoms with Gasteiger partial charge in [-0.1, -0.05) is 36.8 Å². The largest absolute Gasteiger partial charge is 0.396 e. The number of aromatic nitrogens is 1. The zero-order valence-corrected chi connectivity index (χ0v) is 27.2. The Morgan fingerprint density at radius 3 is 2.62 bits per heavy atom. The van der Waals surface area contributed by atoms with E-state index in [0.29, 0.717) is 60.3 Å². The molecule has 2 aromatic carbocycles. The fourth-order valence-electron chi connectivity index (χ4n) is 5.51. The van der Waals surface area contributed by atoms with Crippen molar-refractivity contribution in [3.8, 4) is 0 Å². The topological polar surface area (TPSA) is 179 Å². The van der Waals surface area contributed by atoms with Crippen LogP contribution in [-0.2, 0) is 34.6 Å². The lowest BCUT2D eigenvalue weighted by Gasteiger charge is -2.19. The van der Waals surface area contributed by atoms with Crippen LogP contribution in [0.4, 0.5) is 10.1 Å². The predicted molar refractivity (Wildman–Crippen MR) is 175 cm³/mol. The first-order valence-corrected chi connectivity index (χ1v) is 16.6. The van der Waals surface area contributed by atoms with Crippen molar-refractivity contribution in [1.82, 2.24) is 15.6 Å². The van der Waals surface area contributed by atoms with Gasteiger partial charge in [0, 0.05) is 48.1 Å². The van der Waals surface area contributed by atoms with Gasteiger partial charge in [0.2, 0.25) is 11.8 Å². The fraction of sp³-hybridized carbons (Fsp3) is 0.364. The summed E-state index contributed by atoms with van der Waals surface area (Å²) in [5.41, 5.74) is 5.31. The highest BCUT2D eigenvalue weighted by Crippen LogP contribution is 2.34. The minimum Gasteiger partial charge on any atom is -0.396 e. The highest BCUT2D eigenvalue weighted by atomic mass is 31.1. The van der Waals surface area contributed by atoms with E-state index in [1.807, 2.05) is 19.9 Å². The molecule has 0 saturated heterocycles. The number of aryl methyl sites for hydroxylation is 1. The van der Waals surface area contributed by atoms with E-state index in [2.05, 4.69) is 25.6 Å². The molecule has 3 amide bonds. The van der Waals surface area contributed by atoms with Gasteiger partial charge in [-0.2, -0.15) is 4.67 Å². The molecule has 1 aliphatic heterocycles.